The molecule has 2 aromatic carbocycles. The van der Waals surface area contributed by atoms with Gasteiger partial charge in [0.1, 0.15) is 23.0 Å². The van der Waals surface area contributed by atoms with Crippen LogP contribution in [0, 0.1) is 13.8 Å². The van der Waals surface area contributed by atoms with Gasteiger partial charge in [0, 0.05) is 11.6 Å². The predicted octanol–water partition coefficient (Wildman–Crippen LogP) is 4.60. The molecule has 32 heavy (non-hydrogen) atoms. The molecule has 0 saturated heterocycles. The molecule has 4 rings (SSSR count). The lowest BCUT2D eigenvalue weighted by molar-refractivity contribution is 0.394. The molecule has 0 aliphatic heterocycles. The van der Waals surface area contributed by atoms with Gasteiger partial charge in [0.2, 0.25) is 5.82 Å². The Hall–Kier alpha value is -3.59. The van der Waals surface area contributed by atoms with Gasteiger partial charge in [-0.25, -0.2) is 8.42 Å². The maximum absolute atomic E-state index is 12.9. The lowest BCUT2D eigenvalue weighted by Gasteiger charge is -2.07. The van der Waals surface area contributed by atoms with E-state index < -0.39 is 9.84 Å². The molecule has 0 bridgehead atoms. The number of furan rings is 1. The minimum atomic E-state index is -3.57. The van der Waals surface area contributed by atoms with Crippen LogP contribution in [0.15, 0.2) is 62.4 Å². The van der Waals surface area contributed by atoms with Crippen LogP contribution in [0.5, 0.6) is 11.5 Å². The van der Waals surface area contributed by atoms with E-state index in [1.165, 1.54) is 0 Å². The van der Waals surface area contributed by atoms with E-state index in [1.807, 2.05) is 13.0 Å². The van der Waals surface area contributed by atoms with Crippen molar-refractivity contribution in [2.45, 2.75) is 24.5 Å². The highest BCUT2D eigenvalue weighted by Gasteiger charge is 2.22. The van der Waals surface area contributed by atoms with Gasteiger partial charge in [0.15, 0.2) is 15.6 Å². The lowest BCUT2D eigenvalue weighted by atomic mass is 10.2. The topological polar surface area (TPSA) is 105 Å². The maximum Gasteiger partial charge on any atom is 0.293 e. The van der Waals surface area contributed by atoms with Crippen LogP contribution < -0.4 is 9.47 Å². The Kier molecular flexibility index (Phi) is 5.75. The third kappa shape index (κ3) is 4.38. The molecule has 0 atom stereocenters. The first-order chi connectivity index (χ1) is 15.3. The first-order valence-electron chi connectivity index (χ1n) is 9.75. The average molecular weight is 455 g/mol. The summed E-state index contributed by atoms with van der Waals surface area (Å²) in [5.74, 6) is 1.91. The van der Waals surface area contributed by atoms with Crippen LogP contribution >= 0.6 is 0 Å². The Labute approximate surface area is 185 Å². The van der Waals surface area contributed by atoms with Crippen molar-refractivity contribution in [3.63, 3.8) is 0 Å². The summed E-state index contributed by atoms with van der Waals surface area (Å²) >= 11 is 0. The number of aromatic nitrogens is 2. The van der Waals surface area contributed by atoms with Gasteiger partial charge in [0.05, 0.1) is 19.1 Å². The number of aryl methyl sites for hydroxylation is 2. The van der Waals surface area contributed by atoms with Crippen LogP contribution in [-0.2, 0) is 15.6 Å². The van der Waals surface area contributed by atoms with Crippen LogP contribution in [0.1, 0.15) is 16.9 Å². The van der Waals surface area contributed by atoms with Crippen molar-refractivity contribution in [2.24, 2.45) is 0 Å². The number of nitrogens with zero attached hydrogens (tertiary/aromatic N) is 2. The SMILES string of the molecule is COc1cc(OC)cc(-c2noc(-c3ccc(CS(=O)(=O)c4ccc(C)cc4C)o3)n2)c1. The molecular weight excluding hydrogens is 432 g/mol. The van der Waals surface area contributed by atoms with Crippen molar-refractivity contribution in [3.05, 3.63) is 65.4 Å². The van der Waals surface area contributed by atoms with Crippen molar-refractivity contribution in [1.29, 1.82) is 0 Å². The summed E-state index contributed by atoms with van der Waals surface area (Å²) < 4.78 is 47.3. The van der Waals surface area contributed by atoms with Crippen LogP contribution in [0.25, 0.3) is 23.0 Å². The Morgan fingerprint density at radius 2 is 1.66 bits per heavy atom. The molecule has 2 heterocycles. The summed E-state index contributed by atoms with van der Waals surface area (Å²) in [6, 6.07) is 13.7. The van der Waals surface area contributed by atoms with Gasteiger partial charge in [-0.15, -0.1) is 0 Å². The molecular formula is C23H22N2O6S. The van der Waals surface area contributed by atoms with Crippen LogP contribution in [0.3, 0.4) is 0 Å². The van der Waals surface area contributed by atoms with Crippen molar-refractivity contribution >= 4 is 9.84 Å². The zero-order valence-corrected chi connectivity index (χ0v) is 18.9. The normalized spacial score (nSPS) is 11.5. The lowest BCUT2D eigenvalue weighted by Crippen LogP contribution is -2.06. The molecule has 0 amide bonds. The van der Waals surface area contributed by atoms with E-state index >= 15 is 0 Å². The van der Waals surface area contributed by atoms with Gasteiger partial charge in [-0.1, -0.05) is 22.9 Å². The van der Waals surface area contributed by atoms with Crippen LogP contribution in [-0.4, -0.2) is 32.8 Å². The molecule has 0 radical (unpaired) electrons. The number of benzene rings is 2. The fourth-order valence-electron chi connectivity index (χ4n) is 3.36. The molecule has 0 fully saturated rings. The molecule has 8 nitrogen and oxygen atoms in total. The Morgan fingerprint density at radius 3 is 2.31 bits per heavy atom. The van der Waals surface area contributed by atoms with E-state index in [0.29, 0.717) is 28.5 Å². The van der Waals surface area contributed by atoms with Gasteiger partial charge < -0.3 is 18.4 Å². The quantitative estimate of drug-likeness (QED) is 0.399. The van der Waals surface area contributed by atoms with Gasteiger partial charge in [-0.3, -0.25) is 0 Å². The van der Waals surface area contributed by atoms with E-state index in [-0.39, 0.29) is 28.1 Å². The van der Waals surface area contributed by atoms with Crippen LogP contribution in [0.4, 0.5) is 0 Å². The molecule has 0 aliphatic rings. The third-order valence-corrected chi connectivity index (χ3v) is 6.70. The molecule has 0 unspecified atom stereocenters. The second kappa shape index (κ2) is 8.51. The summed E-state index contributed by atoms with van der Waals surface area (Å²) in [6.45, 7) is 3.70. The second-order valence-electron chi connectivity index (χ2n) is 7.32. The number of ether oxygens (including phenoxy) is 2. The average Bonchev–Trinajstić information content (AvgIpc) is 3.42. The Balaban J connectivity index is 1.58. The Morgan fingerprint density at radius 1 is 0.938 bits per heavy atom. The third-order valence-electron chi connectivity index (χ3n) is 4.91. The van der Waals surface area contributed by atoms with E-state index in [0.717, 1.165) is 5.56 Å². The van der Waals surface area contributed by atoms with E-state index in [1.54, 1.807) is 63.6 Å². The molecule has 0 N–H and O–H groups in total. The van der Waals surface area contributed by atoms with E-state index in [4.69, 9.17) is 18.4 Å². The van der Waals surface area contributed by atoms with Gasteiger partial charge >= 0.3 is 0 Å². The van der Waals surface area contributed by atoms with Gasteiger partial charge in [0.25, 0.3) is 5.89 Å². The number of hydrogen-bond donors (Lipinski definition) is 0. The predicted molar refractivity (Wildman–Crippen MR) is 117 cm³/mol. The number of rotatable bonds is 7. The highest BCUT2D eigenvalue weighted by Crippen LogP contribution is 2.30. The zero-order chi connectivity index (χ0) is 22.9. The first kappa shape index (κ1) is 21.6. The summed E-state index contributed by atoms with van der Waals surface area (Å²) in [5.41, 5.74) is 2.34. The van der Waals surface area contributed by atoms with E-state index in [2.05, 4.69) is 10.1 Å². The molecule has 166 valence electrons. The Bertz CT molecular complexity index is 1350. The zero-order valence-electron chi connectivity index (χ0n) is 18.1. The number of methoxy groups -OCH3 is 2. The molecule has 9 heteroatoms. The second-order valence-corrected chi connectivity index (χ2v) is 9.28. The summed E-state index contributed by atoms with van der Waals surface area (Å²) in [6.07, 6.45) is 0. The standard InChI is InChI=1S/C23H22N2O6S/c1-14-5-8-21(15(2)9-14)32(26,27)13-17-6-7-20(30-17)23-24-22(25-31-23)16-10-18(28-3)12-19(11-16)29-4/h5-12H,13H2,1-4H3. The van der Waals surface area contributed by atoms with Gasteiger partial charge in [-0.2, -0.15) is 4.98 Å². The number of hydrogen-bond acceptors (Lipinski definition) is 8. The summed E-state index contributed by atoms with van der Waals surface area (Å²) in [7, 11) is -0.466. The minimum Gasteiger partial charge on any atom is -0.497 e. The molecule has 2 aromatic heterocycles. The minimum absolute atomic E-state index is 0.136. The largest absolute Gasteiger partial charge is 0.497 e. The fourth-order valence-corrected chi connectivity index (χ4v) is 4.87. The molecule has 0 spiro atoms. The highest BCUT2D eigenvalue weighted by atomic mass is 32.2. The van der Waals surface area contributed by atoms with Crippen molar-refractivity contribution in [2.75, 3.05) is 14.2 Å². The highest BCUT2D eigenvalue weighted by molar-refractivity contribution is 7.90. The maximum atomic E-state index is 12.9. The fraction of sp³-hybridized carbons (Fsp3) is 0.217. The monoisotopic (exact) mass is 454 g/mol. The van der Waals surface area contributed by atoms with Crippen molar-refractivity contribution in [3.8, 4) is 34.5 Å². The number of sulfone groups is 1. The van der Waals surface area contributed by atoms with Crippen LogP contribution in [0.2, 0.25) is 0 Å². The first-order valence-corrected chi connectivity index (χ1v) is 11.4. The molecule has 0 saturated carbocycles. The summed E-state index contributed by atoms with van der Waals surface area (Å²) in [4.78, 5) is 4.65. The van der Waals surface area contributed by atoms with Crippen molar-refractivity contribution in [1.82, 2.24) is 10.1 Å². The summed E-state index contributed by atoms with van der Waals surface area (Å²) in [5, 5.41) is 3.99. The van der Waals surface area contributed by atoms with Gasteiger partial charge in [-0.05, 0) is 49.7 Å². The molecule has 4 aromatic rings. The smallest absolute Gasteiger partial charge is 0.293 e. The van der Waals surface area contributed by atoms with E-state index in [9.17, 15) is 8.42 Å². The molecule has 0 aliphatic carbocycles. The van der Waals surface area contributed by atoms with Crippen molar-refractivity contribution < 1.29 is 26.8 Å².